The third-order valence-corrected chi connectivity index (χ3v) is 2.15. The molecule has 0 fully saturated rings. The molecule has 1 amide bonds. The zero-order chi connectivity index (χ0) is 15.6. The van der Waals surface area contributed by atoms with Crippen molar-refractivity contribution in [2.75, 3.05) is 12.4 Å². The Labute approximate surface area is 114 Å². The van der Waals surface area contributed by atoms with Crippen LogP contribution in [0.2, 0.25) is 0 Å². The number of nitrogens with one attached hydrogen (secondary N) is 1. The highest BCUT2D eigenvalue weighted by Gasteiger charge is 2.34. The Morgan fingerprint density at radius 2 is 1.80 bits per heavy atom. The number of carbonyl (C=O) groups excluding carboxylic acids is 1. The molecular weight excluding hydrogens is 275 g/mol. The second-order valence-corrected chi connectivity index (χ2v) is 5.04. The van der Waals surface area contributed by atoms with E-state index in [0.717, 1.165) is 19.2 Å². The second-order valence-electron chi connectivity index (χ2n) is 5.04. The van der Waals surface area contributed by atoms with E-state index in [1.807, 2.05) is 0 Å². The van der Waals surface area contributed by atoms with Crippen molar-refractivity contribution in [2.24, 2.45) is 0 Å². The minimum atomic E-state index is -4.57. The summed E-state index contributed by atoms with van der Waals surface area (Å²) < 4.78 is 48.0. The maximum atomic E-state index is 12.8. The summed E-state index contributed by atoms with van der Waals surface area (Å²) in [6.45, 7) is 4.96. The van der Waals surface area contributed by atoms with Gasteiger partial charge in [0.25, 0.3) is 0 Å². The maximum absolute atomic E-state index is 12.8. The van der Waals surface area contributed by atoms with E-state index in [1.165, 1.54) is 6.07 Å². The van der Waals surface area contributed by atoms with Gasteiger partial charge in [0.2, 0.25) is 0 Å². The molecule has 0 aliphatic carbocycles. The van der Waals surface area contributed by atoms with Crippen LogP contribution in [0.3, 0.4) is 0 Å². The van der Waals surface area contributed by atoms with Gasteiger partial charge in [-0.25, -0.2) is 4.79 Å². The van der Waals surface area contributed by atoms with Crippen LogP contribution in [0.15, 0.2) is 18.2 Å². The molecule has 112 valence electrons. The van der Waals surface area contributed by atoms with Gasteiger partial charge < -0.3 is 9.47 Å². The monoisotopic (exact) mass is 291 g/mol. The largest absolute Gasteiger partial charge is 0.496 e. The van der Waals surface area contributed by atoms with Crippen LogP contribution in [-0.4, -0.2) is 18.8 Å². The number of halogens is 3. The highest BCUT2D eigenvalue weighted by molar-refractivity contribution is 5.85. The minimum Gasteiger partial charge on any atom is -0.496 e. The van der Waals surface area contributed by atoms with Gasteiger partial charge >= 0.3 is 12.3 Å². The van der Waals surface area contributed by atoms with Crippen LogP contribution in [0.25, 0.3) is 0 Å². The van der Waals surface area contributed by atoms with Crippen LogP contribution < -0.4 is 10.1 Å². The molecule has 0 aliphatic heterocycles. The molecule has 1 aromatic rings. The van der Waals surface area contributed by atoms with Crippen molar-refractivity contribution in [2.45, 2.75) is 32.5 Å². The fraction of sp³-hybridized carbons (Fsp3) is 0.462. The minimum absolute atomic E-state index is 0.0209. The van der Waals surface area contributed by atoms with E-state index in [0.29, 0.717) is 0 Å². The van der Waals surface area contributed by atoms with Gasteiger partial charge in [0.05, 0.1) is 12.7 Å². The van der Waals surface area contributed by atoms with Crippen molar-refractivity contribution in [1.29, 1.82) is 0 Å². The third kappa shape index (κ3) is 4.64. The van der Waals surface area contributed by atoms with Crippen molar-refractivity contribution in [3.05, 3.63) is 23.8 Å². The molecule has 0 bridgehead atoms. The first-order chi connectivity index (χ1) is 9.03. The third-order valence-electron chi connectivity index (χ3n) is 2.15. The molecular formula is C13H16F3NO3. The lowest BCUT2D eigenvalue weighted by Crippen LogP contribution is -2.27. The van der Waals surface area contributed by atoms with Gasteiger partial charge in [-0.1, -0.05) is 0 Å². The molecule has 1 rings (SSSR count). The summed E-state index contributed by atoms with van der Waals surface area (Å²) in [4.78, 5) is 11.5. The Bertz CT molecular complexity index is 493. The lowest BCUT2D eigenvalue weighted by Gasteiger charge is -2.20. The van der Waals surface area contributed by atoms with Crippen LogP contribution in [0.4, 0.5) is 23.7 Å². The second kappa shape index (κ2) is 5.60. The van der Waals surface area contributed by atoms with Crippen LogP contribution in [0, 0.1) is 0 Å². The Morgan fingerprint density at radius 3 is 2.25 bits per heavy atom. The van der Waals surface area contributed by atoms with Gasteiger partial charge in [-0.15, -0.1) is 0 Å². The molecule has 0 heterocycles. The molecule has 0 atom stereocenters. The quantitative estimate of drug-likeness (QED) is 0.893. The molecule has 0 aliphatic rings. The summed E-state index contributed by atoms with van der Waals surface area (Å²) in [5.41, 5.74) is -1.72. The molecule has 0 saturated heterocycles. The first kappa shape index (κ1) is 16.1. The molecule has 0 radical (unpaired) electrons. The molecule has 20 heavy (non-hydrogen) atoms. The number of amides is 1. The standard InChI is InChI=1S/C13H16F3NO3/c1-12(2,3)20-11(18)17-8-5-6-10(19-4)9(7-8)13(14,15)16/h5-7H,1-4H3,(H,17,18). The van der Waals surface area contributed by atoms with Crippen molar-refractivity contribution in [1.82, 2.24) is 0 Å². The van der Waals surface area contributed by atoms with E-state index < -0.39 is 23.4 Å². The lowest BCUT2D eigenvalue weighted by molar-refractivity contribution is -0.138. The van der Waals surface area contributed by atoms with Crippen molar-refractivity contribution >= 4 is 11.8 Å². The molecule has 4 nitrogen and oxygen atoms in total. The molecule has 0 saturated carbocycles. The van der Waals surface area contributed by atoms with Gasteiger partial charge in [0, 0.05) is 5.69 Å². The van der Waals surface area contributed by atoms with Crippen LogP contribution >= 0.6 is 0 Å². The molecule has 0 spiro atoms. The topological polar surface area (TPSA) is 47.6 Å². The average Bonchev–Trinajstić information content (AvgIpc) is 2.25. The number of benzene rings is 1. The number of alkyl halides is 3. The number of anilines is 1. The zero-order valence-corrected chi connectivity index (χ0v) is 11.6. The van der Waals surface area contributed by atoms with Crippen LogP contribution in [0.1, 0.15) is 26.3 Å². The van der Waals surface area contributed by atoms with Crippen molar-refractivity contribution in [3.8, 4) is 5.75 Å². The smallest absolute Gasteiger partial charge is 0.420 e. The van der Waals surface area contributed by atoms with E-state index >= 15 is 0 Å². The predicted molar refractivity (Wildman–Crippen MR) is 67.9 cm³/mol. The van der Waals surface area contributed by atoms with E-state index in [9.17, 15) is 18.0 Å². The first-order valence-corrected chi connectivity index (χ1v) is 5.78. The summed E-state index contributed by atoms with van der Waals surface area (Å²) in [7, 11) is 1.14. The number of hydrogen-bond donors (Lipinski definition) is 1. The normalized spacial score (nSPS) is 11.9. The fourth-order valence-electron chi connectivity index (χ4n) is 1.43. The number of rotatable bonds is 2. The molecule has 0 unspecified atom stereocenters. The van der Waals surface area contributed by atoms with Gasteiger partial charge in [-0.3, -0.25) is 5.32 Å². The highest BCUT2D eigenvalue weighted by Crippen LogP contribution is 2.37. The molecule has 1 N–H and O–H groups in total. The Morgan fingerprint density at radius 1 is 1.20 bits per heavy atom. The number of carbonyl (C=O) groups is 1. The summed E-state index contributed by atoms with van der Waals surface area (Å²) in [6.07, 6.45) is -5.40. The summed E-state index contributed by atoms with van der Waals surface area (Å²) in [5.74, 6) is -0.313. The summed E-state index contributed by atoms with van der Waals surface area (Å²) in [6, 6.07) is 3.23. The van der Waals surface area contributed by atoms with E-state index in [2.05, 4.69) is 10.1 Å². The highest BCUT2D eigenvalue weighted by atomic mass is 19.4. The molecule has 7 heteroatoms. The van der Waals surface area contributed by atoms with Gasteiger partial charge in [-0.2, -0.15) is 13.2 Å². The van der Waals surface area contributed by atoms with Gasteiger partial charge in [0.15, 0.2) is 0 Å². The zero-order valence-electron chi connectivity index (χ0n) is 11.6. The first-order valence-electron chi connectivity index (χ1n) is 5.78. The molecule has 1 aromatic carbocycles. The summed E-state index contributed by atoms with van der Waals surface area (Å²) >= 11 is 0. The number of methoxy groups -OCH3 is 1. The summed E-state index contributed by atoms with van der Waals surface area (Å²) in [5, 5.41) is 2.25. The number of ether oxygens (including phenoxy) is 2. The van der Waals surface area contributed by atoms with Crippen LogP contribution in [-0.2, 0) is 10.9 Å². The van der Waals surface area contributed by atoms with Crippen molar-refractivity contribution < 1.29 is 27.4 Å². The van der Waals surface area contributed by atoms with E-state index in [4.69, 9.17) is 4.74 Å². The number of hydrogen-bond acceptors (Lipinski definition) is 3. The predicted octanol–water partition coefficient (Wildman–Crippen LogP) is 4.06. The van der Waals surface area contributed by atoms with Crippen LogP contribution in [0.5, 0.6) is 5.75 Å². The Kier molecular flexibility index (Phi) is 4.52. The van der Waals surface area contributed by atoms with Crippen molar-refractivity contribution in [3.63, 3.8) is 0 Å². The maximum Gasteiger partial charge on any atom is 0.420 e. The van der Waals surface area contributed by atoms with E-state index in [-0.39, 0.29) is 11.4 Å². The SMILES string of the molecule is COc1ccc(NC(=O)OC(C)(C)C)cc1C(F)(F)F. The molecule has 0 aromatic heterocycles. The van der Waals surface area contributed by atoms with Gasteiger partial charge in [0.1, 0.15) is 11.4 Å². The lowest BCUT2D eigenvalue weighted by atomic mass is 10.1. The van der Waals surface area contributed by atoms with Gasteiger partial charge in [-0.05, 0) is 39.0 Å². The average molecular weight is 291 g/mol. The van der Waals surface area contributed by atoms with E-state index in [1.54, 1.807) is 20.8 Å². The Hall–Kier alpha value is -1.92. The fourth-order valence-corrected chi connectivity index (χ4v) is 1.43. The Balaban J connectivity index is 2.96.